The van der Waals surface area contributed by atoms with E-state index in [1.807, 2.05) is 18.2 Å². The van der Waals surface area contributed by atoms with Gasteiger partial charge in [0, 0.05) is 25.1 Å². The molecule has 0 saturated heterocycles. The average Bonchev–Trinajstić information content (AvgIpc) is 2.53. The summed E-state index contributed by atoms with van der Waals surface area (Å²) in [4.78, 5) is 8.85. The minimum Gasteiger partial charge on any atom is -0.496 e. The molecule has 1 aromatic carbocycles. The van der Waals surface area contributed by atoms with Gasteiger partial charge in [-0.1, -0.05) is 6.07 Å². The summed E-state index contributed by atoms with van der Waals surface area (Å²) in [7, 11) is 3.31. The van der Waals surface area contributed by atoms with Crippen molar-refractivity contribution in [1.82, 2.24) is 15.3 Å². The standard InChI is InChI=1S/C15H17N3O2/c1-19-12-4-3-5-13(20-2)14(12)15-10-8-16-7-6-11(10)17-9-18-15/h3-5,9,16H,6-8H2,1-2H3. The first-order valence-corrected chi connectivity index (χ1v) is 6.60. The molecule has 1 N–H and O–H groups in total. The quantitative estimate of drug-likeness (QED) is 0.922. The van der Waals surface area contributed by atoms with Gasteiger partial charge >= 0.3 is 0 Å². The lowest BCUT2D eigenvalue weighted by Crippen LogP contribution is -2.25. The molecule has 0 fully saturated rings. The van der Waals surface area contributed by atoms with E-state index in [2.05, 4.69) is 15.3 Å². The van der Waals surface area contributed by atoms with Crippen LogP contribution in [0.2, 0.25) is 0 Å². The Morgan fingerprint density at radius 2 is 1.85 bits per heavy atom. The fourth-order valence-electron chi connectivity index (χ4n) is 2.57. The summed E-state index contributed by atoms with van der Waals surface area (Å²) in [5.74, 6) is 1.52. The molecule has 1 aliphatic heterocycles. The number of methoxy groups -OCH3 is 2. The summed E-state index contributed by atoms with van der Waals surface area (Å²) < 4.78 is 10.9. The van der Waals surface area contributed by atoms with Gasteiger partial charge in [-0.05, 0) is 12.1 Å². The Morgan fingerprint density at radius 1 is 1.10 bits per heavy atom. The predicted octanol–water partition coefficient (Wildman–Crippen LogP) is 1.81. The van der Waals surface area contributed by atoms with Gasteiger partial charge in [-0.15, -0.1) is 0 Å². The highest BCUT2D eigenvalue weighted by atomic mass is 16.5. The maximum Gasteiger partial charge on any atom is 0.132 e. The molecule has 0 atom stereocenters. The third-order valence-electron chi connectivity index (χ3n) is 3.54. The summed E-state index contributed by atoms with van der Waals surface area (Å²) in [5, 5.41) is 3.36. The van der Waals surface area contributed by atoms with Crippen LogP contribution >= 0.6 is 0 Å². The summed E-state index contributed by atoms with van der Waals surface area (Å²) >= 11 is 0. The molecule has 0 unspecified atom stereocenters. The molecule has 104 valence electrons. The van der Waals surface area contributed by atoms with Crippen LogP contribution in [-0.2, 0) is 13.0 Å². The van der Waals surface area contributed by atoms with Crippen LogP contribution in [-0.4, -0.2) is 30.7 Å². The Bertz CT molecular complexity index is 606. The fourth-order valence-corrected chi connectivity index (χ4v) is 2.57. The lowest BCUT2D eigenvalue weighted by Gasteiger charge is -2.20. The Labute approximate surface area is 118 Å². The lowest BCUT2D eigenvalue weighted by atomic mass is 9.99. The molecule has 0 spiro atoms. The zero-order valence-electron chi connectivity index (χ0n) is 11.6. The zero-order valence-corrected chi connectivity index (χ0v) is 11.6. The van der Waals surface area contributed by atoms with Crippen molar-refractivity contribution in [1.29, 1.82) is 0 Å². The van der Waals surface area contributed by atoms with E-state index in [9.17, 15) is 0 Å². The summed E-state index contributed by atoms with van der Waals surface area (Å²) in [6.45, 7) is 1.72. The van der Waals surface area contributed by atoms with E-state index >= 15 is 0 Å². The van der Waals surface area contributed by atoms with E-state index in [1.54, 1.807) is 20.5 Å². The minimum atomic E-state index is 0.760. The van der Waals surface area contributed by atoms with Gasteiger partial charge in [0.25, 0.3) is 0 Å². The monoisotopic (exact) mass is 271 g/mol. The van der Waals surface area contributed by atoms with Crippen molar-refractivity contribution in [2.24, 2.45) is 0 Å². The smallest absolute Gasteiger partial charge is 0.132 e. The van der Waals surface area contributed by atoms with Crippen LogP contribution in [0.1, 0.15) is 11.3 Å². The van der Waals surface area contributed by atoms with Crippen molar-refractivity contribution < 1.29 is 9.47 Å². The van der Waals surface area contributed by atoms with E-state index in [-0.39, 0.29) is 0 Å². The van der Waals surface area contributed by atoms with Crippen LogP contribution in [0.25, 0.3) is 11.3 Å². The Morgan fingerprint density at radius 3 is 2.55 bits per heavy atom. The van der Waals surface area contributed by atoms with Crippen molar-refractivity contribution in [3.63, 3.8) is 0 Å². The van der Waals surface area contributed by atoms with Crippen LogP contribution in [0, 0.1) is 0 Å². The highest BCUT2D eigenvalue weighted by Gasteiger charge is 2.21. The lowest BCUT2D eigenvalue weighted by molar-refractivity contribution is 0.397. The first-order chi connectivity index (χ1) is 9.85. The molecule has 0 radical (unpaired) electrons. The number of nitrogens with zero attached hydrogens (tertiary/aromatic N) is 2. The SMILES string of the molecule is COc1cccc(OC)c1-c1ncnc2c1CNCC2. The Balaban J connectivity index is 2.23. The molecule has 2 aromatic rings. The number of fused-ring (bicyclic) bond motifs is 1. The first kappa shape index (κ1) is 12.9. The Kier molecular flexibility index (Phi) is 3.52. The number of nitrogens with one attached hydrogen (secondary N) is 1. The molecular weight excluding hydrogens is 254 g/mol. The fraction of sp³-hybridized carbons (Fsp3) is 0.333. The highest BCUT2D eigenvalue weighted by Crippen LogP contribution is 2.39. The first-order valence-electron chi connectivity index (χ1n) is 6.60. The summed E-state index contributed by atoms with van der Waals surface area (Å²) in [6, 6.07) is 5.75. The van der Waals surface area contributed by atoms with Gasteiger partial charge in [0.2, 0.25) is 0 Å². The zero-order chi connectivity index (χ0) is 13.9. The largest absolute Gasteiger partial charge is 0.496 e. The van der Waals surface area contributed by atoms with Gasteiger partial charge in [-0.25, -0.2) is 9.97 Å². The third kappa shape index (κ3) is 2.10. The van der Waals surface area contributed by atoms with Crippen LogP contribution in [0.5, 0.6) is 11.5 Å². The topological polar surface area (TPSA) is 56.3 Å². The van der Waals surface area contributed by atoms with E-state index in [0.29, 0.717) is 0 Å². The molecule has 1 aromatic heterocycles. The summed E-state index contributed by atoms with van der Waals surface area (Å²) in [5.41, 5.74) is 4.00. The molecule has 0 bridgehead atoms. The van der Waals surface area contributed by atoms with Gasteiger partial charge in [-0.3, -0.25) is 0 Å². The minimum absolute atomic E-state index is 0.760. The molecule has 20 heavy (non-hydrogen) atoms. The maximum absolute atomic E-state index is 5.47. The van der Waals surface area contributed by atoms with Crippen molar-refractivity contribution in [2.45, 2.75) is 13.0 Å². The maximum atomic E-state index is 5.47. The number of benzene rings is 1. The Hall–Kier alpha value is -2.14. The van der Waals surface area contributed by atoms with Crippen molar-refractivity contribution in [2.75, 3.05) is 20.8 Å². The van der Waals surface area contributed by atoms with E-state index in [0.717, 1.165) is 53.5 Å². The number of ether oxygens (including phenoxy) is 2. The van der Waals surface area contributed by atoms with Gasteiger partial charge < -0.3 is 14.8 Å². The van der Waals surface area contributed by atoms with Gasteiger partial charge in [0.1, 0.15) is 17.8 Å². The normalized spacial score (nSPS) is 13.7. The van der Waals surface area contributed by atoms with Crippen molar-refractivity contribution in [3.05, 3.63) is 35.8 Å². The van der Waals surface area contributed by atoms with Crippen molar-refractivity contribution in [3.8, 4) is 22.8 Å². The third-order valence-corrected chi connectivity index (χ3v) is 3.54. The molecular formula is C15H17N3O2. The van der Waals surface area contributed by atoms with Crippen molar-refractivity contribution >= 4 is 0 Å². The molecule has 5 nitrogen and oxygen atoms in total. The number of rotatable bonds is 3. The number of aromatic nitrogens is 2. The van der Waals surface area contributed by atoms with Gasteiger partial charge in [-0.2, -0.15) is 0 Å². The number of hydrogen-bond donors (Lipinski definition) is 1. The van der Waals surface area contributed by atoms with Gasteiger partial charge in [0.15, 0.2) is 0 Å². The van der Waals surface area contributed by atoms with E-state index in [1.165, 1.54) is 0 Å². The highest BCUT2D eigenvalue weighted by molar-refractivity contribution is 5.76. The molecule has 3 rings (SSSR count). The van der Waals surface area contributed by atoms with Crippen LogP contribution in [0.15, 0.2) is 24.5 Å². The number of hydrogen-bond acceptors (Lipinski definition) is 5. The molecule has 0 amide bonds. The average molecular weight is 271 g/mol. The van der Waals surface area contributed by atoms with Crippen LogP contribution in [0.3, 0.4) is 0 Å². The van der Waals surface area contributed by atoms with Crippen LogP contribution < -0.4 is 14.8 Å². The molecule has 5 heteroatoms. The molecule has 1 aliphatic rings. The molecule has 2 heterocycles. The second-order valence-corrected chi connectivity index (χ2v) is 4.61. The van der Waals surface area contributed by atoms with E-state index < -0.39 is 0 Å². The second-order valence-electron chi connectivity index (χ2n) is 4.61. The summed E-state index contributed by atoms with van der Waals surface area (Å²) in [6.07, 6.45) is 2.54. The van der Waals surface area contributed by atoms with E-state index in [4.69, 9.17) is 9.47 Å². The molecule has 0 aliphatic carbocycles. The van der Waals surface area contributed by atoms with Crippen LogP contribution in [0.4, 0.5) is 0 Å². The molecule has 0 saturated carbocycles. The second kappa shape index (κ2) is 5.46. The van der Waals surface area contributed by atoms with Gasteiger partial charge in [0.05, 0.1) is 31.2 Å². The predicted molar refractivity (Wildman–Crippen MR) is 76.0 cm³/mol.